The van der Waals surface area contributed by atoms with Crippen LogP contribution < -0.4 is 0 Å². The molecule has 132 valence electrons. The Morgan fingerprint density at radius 1 is 1.16 bits per heavy atom. The second-order valence-electron chi connectivity index (χ2n) is 4.98. The van der Waals surface area contributed by atoms with E-state index in [1.807, 2.05) is 0 Å². The van der Waals surface area contributed by atoms with Gasteiger partial charge in [0, 0.05) is 27.9 Å². The summed E-state index contributed by atoms with van der Waals surface area (Å²) in [7, 11) is 2.03. The Morgan fingerprint density at radius 3 is 2.24 bits per heavy atom. The van der Waals surface area contributed by atoms with Crippen molar-refractivity contribution < 1.29 is 33.4 Å². The van der Waals surface area contributed by atoms with Crippen LogP contribution in [0.2, 0.25) is 0 Å². The topological polar surface area (TPSA) is 112 Å². The molecule has 0 aliphatic carbocycles. The van der Waals surface area contributed by atoms with E-state index in [1.165, 1.54) is 0 Å². The van der Waals surface area contributed by atoms with E-state index in [0.29, 0.717) is 21.7 Å². The summed E-state index contributed by atoms with van der Waals surface area (Å²) in [5, 5.41) is 0.420. The van der Waals surface area contributed by atoms with Gasteiger partial charge in [0.05, 0.1) is 19.9 Å². The van der Waals surface area contributed by atoms with Crippen molar-refractivity contribution in [1.82, 2.24) is 4.98 Å². The fraction of sp³-hybridized carbons (Fsp3) is 0.250. The third-order valence-electron chi connectivity index (χ3n) is 3.51. The second-order valence-corrected chi connectivity index (χ2v) is 5.90. The van der Waals surface area contributed by atoms with Gasteiger partial charge in [-0.2, -0.15) is 0 Å². The van der Waals surface area contributed by atoms with Crippen LogP contribution in [0.3, 0.4) is 0 Å². The Labute approximate surface area is 150 Å². The molecule has 25 heavy (non-hydrogen) atoms. The number of aromatic nitrogens is 1. The van der Waals surface area contributed by atoms with Gasteiger partial charge in [-0.05, 0) is 18.2 Å². The minimum atomic E-state index is -2.59. The molecule has 0 unspecified atom stereocenters. The largest absolute Gasteiger partial charge is 0.465 e. The summed E-state index contributed by atoms with van der Waals surface area (Å²) >= 11 is 3.28. The third kappa shape index (κ3) is 3.02. The van der Waals surface area contributed by atoms with Crippen LogP contribution in [0, 0.1) is 0 Å². The van der Waals surface area contributed by atoms with E-state index in [-0.39, 0.29) is 11.3 Å². The van der Waals surface area contributed by atoms with Crippen molar-refractivity contribution in [3.05, 3.63) is 33.9 Å². The summed E-state index contributed by atoms with van der Waals surface area (Å²) in [5.41, 5.74) is -2.42. The van der Waals surface area contributed by atoms with Crippen LogP contribution in [0.25, 0.3) is 10.9 Å². The van der Waals surface area contributed by atoms with E-state index in [4.69, 9.17) is 4.74 Å². The lowest BCUT2D eigenvalue weighted by Crippen LogP contribution is -2.49. The molecule has 1 heterocycles. The lowest BCUT2D eigenvalue weighted by Gasteiger charge is -2.27. The number of carbonyl (C=O) groups is 4. The molecule has 0 atom stereocenters. The average molecular weight is 412 g/mol. The molecule has 1 N–H and O–H groups in total. The first-order valence-corrected chi connectivity index (χ1v) is 7.74. The first-order chi connectivity index (χ1) is 11.8. The monoisotopic (exact) mass is 411 g/mol. The van der Waals surface area contributed by atoms with Crippen LogP contribution in [0.5, 0.6) is 0 Å². The number of aromatic amines is 1. The number of esters is 3. The van der Waals surface area contributed by atoms with Crippen LogP contribution in [0.1, 0.15) is 23.0 Å². The molecule has 0 saturated heterocycles. The summed E-state index contributed by atoms with van der Waals surface area (Å²) in [6.07, 6.45) is 0.449. The molecule has 8 nitrogen and oxygen atoms in total. The number of benzene rings is 1. The molecule has 2 rings (SSSR count). The number of fused-ring (bicyclic) bond motifs is 1. The van der Waals surface area contributed by atoms with Gasteiger partial charge in [0.25, 0.3) is 0 Å². The van der Waals surface area contributed by atoms with Gasteiger partial charge in [-0.25, -0.2) is 9.59 Å². The molecule has 0 aliphatic rings. The maximum absolute atomic E-state index is 12.4. The van der Waals surface area contributed by atoms with E-state index >= 15 is 0 Å². The van der Waals surface area contributed by atoms with Crippen molar-refractivity contribution in [3.63, 3.8) is 0 Å². The van der Waals surface area contributed by atoms with Crippen LogP contribution in [0.4, 0.5) is 0 Å². The number of nitrogens with one attached hydrogen (secondary N) is 1. The zero-order valence-corrected chi connectivity index (χ0v) is 15.1. The fourth-order valence-corrected chi connectivity index (χ4v) is 2.87. The first-order valence-electron chi connectivity index (χ1n) is 6.95. The normalized spacial score (nSPS) is 11.0. The number of aldehydes is 1. The average Bonchev–Trinajstić information content (AvgIpc) is 2.95. The Morgan fingerprint density at radius 2 is 1.76 bits per heavy atom. The highest BCUT2D eigenvalue weighted by molar-refractivity contribution is 9.10. The number of carbonyl (C=O) groups excluding carboxylic acids is 4. The van der Waals surface area contributed by atoms with Crippen molar-refractivity contribution in [2.75, 3.05) is 14.2 Å². The molecule has 0 spiro atoms. The number of halogens is 1. The molecule has 9 heteroatoms. The van der Waals surface area contributed by atoms with Gasteiger partial charge in [-0.3, -0.25) is 9.59 Å². The summed E-state index contributed by atoms with van der Waals surface area (Å²) in [6.45, 7) is 1.01. The molecule has 0 fully saturated rings. The molecule has 1 aromatic heterocycles. The van der Waals surface area contributed by atoms with Gasteiger partial charge in [0.2, 0.25) is 0 Å². The molecule has 0 saturated carbocycles. The second kappa shape index (κ2) is 7.06. The summed E-state index contributed by atoms with van der Waals surface area (Å²) < 4.78 is 15.0. The van der Waals surface area contributed by atoms with Gasteiger partial charge in [0.15, 0.2) is 6.29 Å². The predicted molar refractivity (Wildman–Crippen MR) is 88.9 cm³/mol. The van der Waals surface area contributed by atoms with Crippen molar-refractivity contribution in [1.29, 1.82) is 0 Å². The van der Waals surface area contributed by atoms with E-state index in [1.54, 1.807) is 18.2 Å². The summed E-state index contributed by atoms with van der Waals surface area (Å²) in [5.74, 6) is -3.35. The Bertz CT molecular complexity index is 855. The van der Waals surface area contributed by atoms with E-state index in [2.05, 4.69) is 30.4 Å². The molecule has 0 bridgehead atoms. The number of methoxy groups -OCH3 is 2. The van der Waals surface area contributed by atoms with Gasteiger partial charge in [-0.1, -0.05) is 15.9 Å². The summed E-state index contributed by atoms with van der Waals surface area (Å²) in [4.78, 5) is 50.9. The summed E-state index contributed by atoms with van der Waals surface area (Å²) in [6, 6.07) is 4.94. The minimum Gasteiger partial charge on any atom is -0.465 e. The number of hydrogen-bond acceptors (Lipinski definition) is 7. The zero-order valence-electron chi connectivity index (χ0n) is 13.5. The number of hydrogen-bond donors (Lipinski definition) is 1. The zero-order chi connectivity index (χ0) is 18.8. The van der Waals surface area contributed by atoms with Gasteiger partial charge in [-0.15, -0.1) is 0 Å². The van der Waals surface area contributed by atoms with E-state index < -0.39 is 23.5 Å². The molecule has 1 aromatic carbocycles. The van der Waals surface area contributed by atoms with Gasteiger partial charge >= 0.3 is 23.5 Å². The predicted octanol–water partition coefficient (Wildman–Crippen LogP) is 1.85. The maximum atomic E-state index is 12.4. The van der Waals surface area contributed by atoms with Crippen molar-refractivity contribution in [2.45, 2.75) is 12.5 Å². The third-order valence-corrected chi connectivity index (χ3v) is 4.01. The van der Waals surface area contributed by atoms with Crippen LogP contribution in [0.15, 0.2) is 22.7 Å². The Balaban J connectivity index is 2.92. The van der Waals surface area contributed by atoms with Gasteiger partial charge < -0.3 is 19.2 Å². The molecule has 0 amide bonds. The molecular formula is C16H14BrNO7. The van der Waals surface area contributed by atoms with Gasteiger partial charge in [0.1, 0.15) is 0 Å². The van der Waals surface area contributed by atoms with Crippen molar-refractivity contribution in [2.24, 2.45) is 0 Å². The molecule has 0 radical (unpaired) electrons. The molecular weight excluding hydrogens is 398 g/mol. The van der Waals surface area contributed by atoms with Crippen LogP contribution in [-0.2, 0) is 34.2 Å². The van der Waals surface area contributed by atoms with E-state index in [9.17, 15) is 19.2 Å². The quantitative estimate of drug-likeness (QED) is 0.345. The van der Waals surface area contributed by atoms with E-state index in [0.717, 1.165) is 21.1 Å². The highest BCUT2D eigenvalue weighted by Crippen LogP contribution is 2.35. The first kappa shape index (κ1) is 18.7. The Hall–Kier alpha value is -2.68. The number of rotatable bonds is 5. The van der Waals surface area contributed by atoms with Crippen LogP contribution >= 0.6 is 15.9 Å². The minimum absolute atomic E-state index is 0.0339. The Kier molecular flexibility index (Phi) is 5.27. The maximum Gasteiger partial charge on any atom is 0.368 e. The smallest absolute Gasteiger partial charge is 0.368 e. The molecule has 2 aromatic rings. The number of H-pyrrole nitrogens is 1. The highest BCUT2D eigenvalue weighted by Gasteiger charge is 2.56. The van der Waals surface area contributed by atoms with Crippen LogP contribution in [-0.4, -0.2) is 43.4 Å². The lowest BCUT2D eigenvalue weighted by atomic mass is 9.95. The lowest BCUT2D eigenvalue weighted by molar-refractivity contribution is -0.195. The van der Waals surface area contributed by atoms with Crippen molar-refractivity contribution in [3.8, 4) is 0 Å². The highest BCUT2D eigenvalue weighted by atomic mass is 79.9. The number of ether oxygens (including phenoxy) is 3. The van der Waals surface area contributed by atoms with Crippen molar-refractivity contribution >= 4 is 51.0 Å². The SMILES string of the molecule is COC(=O)C(OC(C)=O)(C(=O)OC)c1[nH]c2ccc(Br)cc2c1C=O. The standard InChI is InChI=1S/C16H14BrNO7/c1-8(20)25-16(14(21)23-2,15(22)24-3)13-11(7-19)10-6-9(17)4-5-12(10)18-13/h4-7,18H,1-3H3. The fourth-order valence-electron chi connectivity index (χ4n) is 2.51. The molecule has 0 aliphatic heterocycles.